The van der Waals surface area contributed by atoms with Gasteiger partial charge in [-0.3, -0.25) is 4.99 Å². The summed E-state index contributed by atoms with van der Waals surface area (Å²) in [5, 5.41) is 3.20. The zero-order valence-electron chi connectivity index (χ0n) is 16.0. The minimum Gasteiger partial charge on any atom is -0.355 e. The molecule has 2 saturated heterocycles. The number of nitrogens with zero attached hydrogens (tertiary/aromatic N) is 6. The third kappa shape index (κ3) is 6.32. The molecule has 9 nitrogen and oxygen atoms in total. The largest absolute Gasteiger partial charge is 0.355 e. The molecule has 0 aliphatic carbocycles. The van der Waals surface area contributed by atoms with E-state index in [2.05, 4.69) is 30.1 Å². The van der Waals surface area contributed by atoms with Gasteiger partial charge in [-0.25, -0.2) is 22.7 Å². The van der Waals surface area contributed by atoms with E-state index in [1.807, 2.05) is 6.07 Å². The number of nitrogens with one attached hydrogen (secondary N) is 1. The lowest BCUT2D eigenvalue weighted by molar-refractivity contribution is 0.371. The number of aliphatic imine (C=N–C) groups is 1. The van der Waals surface area contributed by atoms with Gasteiger partial charge in [-0.2, -0.15) is 11.8 Å². The number of sulfonamides is 1. The highest BCUT2D eigenvalue weighted by Crippen LogP contribution is 2.13. The van der Waals surface area contributed by atoms with Crippen molar-refractivity contribution >= 4 is 57.7 Å². The molecule has 3 rings (SSSR count). The van der Waals surface area contributed by atoms with E-state index in [0.717, 1.165) is 49.6 Å². The fourth-order valence-corrected chi connectivity index (χ4v) is 5.64. The Hall–Kier alpha value is -0.860. The summed E-state index contributed by atoms with van der Waals surface area (Å²) in [7, 11) is -1.48. The van der Waals surface area contributed by atoms with Gasteiger partial charge in [0.1, 0.15) is 0 Å². The lowest BCUT2D eigenvalue weighted by Crippen LogP contribution is -2.53. The van der Waals surface area contributed by atoms with Gasteiger partial charge in [0.05, 0.1) is 5.75 Å². The Bertz CT molecular complexity index is 722. The molecule has 2 fully saturated rings. The van der Waals surface area contributed by atoms with Crippen molar-refractivity contribution in [3.05, 3.63) is 18.5 Å². The normalized spacial score (nSPS) is 19.2. The fraction of sp³-hybridized carbons (Fsp3) is 0.688. The van der Waals surface area contributed by atoms with Crippen LogP contribution in [0.5, 0.6) is 0 Å². The number of aromatic nitrogens is 2. The van der Waals surface area contributed by atoms with E-state index in [9.17, 15) is 8.42 Å². The molecule has 0 saturated carbocycles. The van der Waals surface area contributed by atoms with E-state index in [1.54, 1.807) is 35.5 Å². The van der Waals surface area contributed by atoms with Gasteiger partial charge in [0.15, 0.2) is 5.96 Å². The van der Waals surface area contributed by atoms with E-state index in [4.69, 9.17) is 0 Å². The Kier molecular flexibility index (Phi) is 9.50. The molecular formula is C16H28IN7O2S2. The van der Waals surface area contributed by atoms with Gasteiger partial charge in [0, 0.05) is 76.8 Å². The van der Waals surface area contributed by atoms with Gasteiger partial charge in [-0.05, 0) is 6.07 Å². The molecule has 12 heteroatoms. The number of rotatable bonds is 5. The molecule has 158 valence electrons. The molecular weight excluding hydrogens is 513 g/mol. The first-order valence-electron chi connectivity index (χ1n) is 9.13. The van der Waals surface area contributed by atoms with Crippen LogP contribution in [0.4, 0.5) is 5.95 Å². The summed E-state index contributed by atoms with van der Waals surface area (Å²) >= 11 is 1.80. The van der Waals surface area contributed by atoms with Gasteiger partial charge in [-0.1, -0.05) is 0 Å². The van der Waals surface area contributed by atoms with E-state index in [0.29, 0.717) is 19.6 Å². The topological polar surface area (TPSA) is 94.0 Å². The van der Waals surface area contributed by atoms with Crippen molar-refractivity contribution in [1.82, 2.24) is 24.5 Å². The Morgan fingerprint density at radius 1 is 1.14 bits per heavy atom. The maximum Gasteiger partial charge on any atom is 0.225 e. The molecule has 2 aliphatic heterocycles. The van der Waals surface area contributed by atoms with E-state index < -0.39 is 10.0 Å². The Labute approximate surface area is 188 Å². The maximum absolute atomic E-state index is 12.4. The predicted octanol–water partition coefficient (Wildman–Crippen LogP) is 0.171. The third-order valence-electron chi connectivity index (χ3n) is 4.63. The van der Waals surface area contributed by atoms with Crippen LogP contribution in [0.3, 0.4) is 0 Å². The second-order valence-corrected chi connectivity index (χ2v) is 9.64. The first kappa shape index (κ1) is 23.4. The second kappa shape index (κ2) is 11.4. The van der Waals surface area contributed by atoms with Gasteiger partial charge in [0.2, 0.25) is 16.0 Å². The zero-order valence-corrected chi connectivity index (χ0v) is 20.0. The molecule has 2 aliphatic rings. The molecule has 1 aromatic heterocycles. The number of hydrogen-bond donors (Lipinski definition) is 1. The quantitative estimate of drug-likeness (QED) is 0.321. The smallest absolute Gasteiger partial charge is 0.225 e. The van der Waals surface area contributed by atoms with Crippen LogP contribution in [0.25, 0.3) is 0 Å². The number of thioether (sulfide) groups is 1. The standard InChI is InChI=1S/C16H27N7O2S2.HI/c1-17-15(20-5-14-27(24,25)23-10-12-26-13-11-23)21-6-8-22(9-7-21)16-18-3-2-4-19-16;/h2-4H,5-14H2,1H3,(H,17,20);1H. The Balaban J connectivity index is 0.00000280. The fourth-order valence-electron chi connectivity index (χ4n) is 3.15. The van der Waals surface area contributed by atoms with Crippen LogP contribution < -0.4 is 10.2 Å². The summed E-state index contributed by atoms with van der Waals surface area (Å²) in [6.07, 6.45) is 3.49. The zero-order chi connectivity index (χ0) is 19.1. The van der Waals surface area contributed by atoms with Gasteiger partial charge < -0.3 is 15.1 Å². The van der Waals surface area contributed by atoms with E-state index in [-0.39, 0.29) is 29.7 Å². The van der Waals surface area contributed by atoms with Crippen LogP contribution in [0, 0.1) is 0 Å². The van der Waals surface area contributed by atoms with E-state index in [1.165, 1.54) is 0 Å². The lowest BCUT2D eigenvalue weighted by Gasteiger charge is -2.36. The highest BCUT2D eigenvalue weighted by atomic mass is 127. The summed E-state index contributed by atoms with van der Waals surface area (Å²) in [4.78, 5) is 17.2. The summed E-state index contributed by atoms with van der Waals surface area (Å²) in [5.41, 5.74) is 0. The van der Waals surface area contributed by atoms with Crippen molar-refractivity contribution in [1.29, 1.82) is 0 Å². The number of anilines is 1. The van der Waals surface area contributed by atoms with Crippen molar-refractivity contribution in [2.45, 2.75) is 0 Å². The Morgan fingerprint density at radius 2 is 1.79 bits per heavy atom. The predicted molar refractivity (Wildman–Crippen MR) is 125 cm³/mol. The third-order valence-corrected chi connectivity index (χ3v) is 7.45. The minimum atomic E-state index is -3.20. The molecule has 0 bridgehead atoms. The van der Waals surface area contributed by atoms with Crippen LogP contribution in [-0.4, -0.2) is 104 Å². The average Bonchev–Trinajstić information content (AvgIpc) is 2.73. The van der Waals surface area contributed by atoms with Crippen LogP contribution in [0.1, 0.15) is 0 Å². The first-order valence-corrected chi connectivity index (χ1v) is 11.9. The van der Waals surface area contributed by atoms with Crippen molar-refractivity contribution in [2.75, 3.05) is 75.0 Å². The number of guanidine groups is 1. The molecule has 0 unspecified atom stereocenters. The monoisotopic (exact) mass is 541 g/mol. The SMILES string of the molecule is CN=C(NCCS(=O)(=O)N1CCSCC1)N1CCN(c2ncccn2)CC1.I. The van der Waals surface area contributed by atoms with Gasteiger partial charge in [0.25, 0.3) is 0 Å². The molecule has 1 N–H and O–H groups in total. The number of piperazine rings is 1. The average molecular weight is 541 g/mol. The molecule has 3 heterocycles. The van der Waals surface area contributed by atoms with Crippen LogP contribution in [0.2, 0.25) is 0 Å². The summed E-state index contributed by atoms with van der Waals surface area (Å²) in [6, 6.07) is 1.81. The minimum absolute atomic E-state index is 0. The van der Waals surface area contributed by atoms with Crippen LogP contribution in [-0.2, 0) is 10.0 Å². The lowest BCUT2D eigenvalue weighted by atomic mass is 10.3. The van der Waals surface area contributed by atoms with Crippen molar-refractivity contribution < 1.29 is 8.42 Å². The Morgan fingerprint density at radius 3 is 2.39 bits per heavy atom. The van der Waals surface area contributed by atoms with Gasteiger partial charge in [-0.15, -0.1) is 24.0 Å². The summed E-state index contributed by atoms with van der Waals surface area (Å²) in [6.45, 7) is 4.77. The van der Waals surface area contributed by atoms with Crippen molar-refractivity contribution in [2.24, 2.45) is 4.99 Å². The summed E-state index contributed by atoms with van der Waals surface area (Å²) < 4.78 is 26.5. The maximum atomic E-state index is 12.4. The van der Waals surface area contributed by atoms with Crippen LogP contribution in [0.15, 0.2) is 23.5 Å². The molecule has 0 aromatic carbocycles. The number of halogens is 1. The van der Waals surface area contributed by atoms with E-state index >= 15 is 0 Å². The highest BCUT2D eigenvalue weighted by Gasteiger charge is 2.25. The molecule has 0 atom stereocenters. The highest BCUT2D eigenvalue weighted by molar-refractivity contribution is 14.0. The van der Waals surface area contributed by atoms with Crippen molar-refractivity contribution in [3.63, 3.8) is 0 Å². The van der Waals surface area contributed by atoms with Gasteiger partial charge >= 0.3 is 0 Å². The molecule has 0 radical (unpaired) electrons. The number of hydrogen-bond acceptors (Lipinski definition) is 7. The second-order valence-electron chi connectivity index (χ2n) is 6.32. The first-order chi connectivity index (χ1) is 13.1. The molecule has 0 amide bonds. The van der Waals surface area contributed by atoms with Crippen LogP contribution >= 0.6 is 35.7 Å². The summed E-state index contributed by atoms with van der Waals surface area (Å²) in [5.74, 6) is 3.33. The molecule has 0 spiro atoms. The van der Waals surface area contributed by atoms with Crippen molar-refractivity contribution in [3.8, 4) is 0 Å². The molecule has 28 heavy (non-hydrogen) atoms. The molecule has 1 aromatic rings.